The molecule has 0 atom stereocenters. The first-order valence-corrected chi connectivity index (χ1v) is 11.9. The first kappa shape index (κ1) is 22.4. The number of nitrogens with two attached hydrogens (primary N) is 1. The summed E-state index contributed by atoms with van der Waals surface area (Å²) in [6, 6.07) is 9.44. The van der Waals surface area contributed by atoms with E-state index in [-0.39, 0.29) is 11.3 Å². The van der Waals surface area contributed by atoms with Crippen molar-refractivity contribution < 1.29 is 13.9 Å². The van der Waals surface area contributed by atoms with Crippen LogP contribution in [0.4, 0.5) is 21.5 Å². The monoisotopic (exact) mass is 463 g/mol. The Labute approximate surface area is 198 Å². The van der Waals surface area contributed by atoms with E-state index < -0.39 is 11.7 Å². The average Bonchev–Trinajstić information content (AvgIpc) is 3.67. The van der Waals surface area contributed by atoms with Crippen molar-refractivity contribution in [3.05, 3.63) is 53.5 Å². The second-order valence-corrected chi connectivity index (χ2v) is 9.04. The number of aryl methyl sites for hydroxylation is 1. The molecule has 0 bridgehead atoms. The molecule has 1 aromatic heterocycles. The molecule has 2 aromatic carbocycles. The average molecular weight is 464 g/mol. The van der Waals surface area contributed by atoms with Gasteiger partial charge in [0.05, 0.1) is 34.7 Å². The highest BCUT2D eigenvalue weighted by Gasteiger charge is 2.32. The van der Waals surface area contributed by atoms with Crippen molar-refractivity contribution >= 4 is 33.9 Å². The molecule has 3 aromatic rings. The smallest absolute Gasteiger partial charge is 0.252 e. The number of ether oxygens (including phenoxy) is 1. The Morgan fingerprint density at radius 2 is 1.97 bits per heavy atom. The minimum Gasteiger partial charge on any atom is -0.492 e. The molecule has 0 radical (unpaired) electrons. The topological polar surface area (TPSA) is 83.7 Å². The van der Waals surface area contributed by atoms with E-state index in [1.807, 2.05) is 26.0 Å². The fraction of sp³-hybridized carbons (Fsp3) is 0.385. The maximum absolute atomic E-state index is 14.6. The van der Waals surface area contributed by atoms with Gasteiger partial charge in [0.15, 0.2) is 0 Å². The lowest BCUT2D eigenvalue weighted by molar-refractivity contribution is 0.100. The summed E-state index contributed by atoms with van der Waals surface area (Å²) in [5, 5.41) is 3.83. The third-order valence-corrected chi connectivity index (χ3v) is 6.61. The molecular weight excluding hydrogens is 433 g/mol. The normalized spacial score (nSPS) is 16.6. The van der Waals surface area contributed by atoms with Crippen molar-refractivity contribution in [2.45, 2.75) is 32.7 Å². The number of carbonyl (C=O) groups is 1. The summed E-state index contributed by atoms with van der Waals surface area (Å²) in [5.74, 6) is -0.284. The van der Waals surface area contributed by atoms with Gasteiger partial charge in [-0.2, -0.15) is 0 Å². The molecule has 2 heterocycles. The minimum absolute atomic E-state index is 0.210. The van der Waals surface area contributed by atoms with Gasteiger partial charge in [0, 0.05) is 49.9 Å². The minimum atomic E-state index is -0.626. The number of halogens is 1. The van der Waals surface area contributed by atoms with Gasteiger partial charge in [-0.15, -0.1) is 0 Å². The van der Waals surface area contributed by atoms with Crippen LogP contribution in [-0.2, 0) is 0 Å². The first-order valence-electron chi connectivity index (χ1n) is 11.9. The van der Waals surface area contributed by atoms with Crippen molar-refractivity contribution in [1.82, 2.24) is 9.88 Å². The number of nitrogens with one attached hydrogen (secondary N) is 1. The summed E-state index contributed by atoms with van der Waals surface area (Å²) in [7, 11) is 0. The zero-order valence-corrected chi connectivity index (χ0v) is 19.6. The molecule has 2 aliphatic rings. The Morgan fingerprint density at radius 3 is 2.65 bits per heavy atom. The van der Waals surface area contributed by atoms with E-state index in [2.05, 4.69) is 20.1 Å². The molecule has 7 nitrogen and oxygen atoms in total. The van der Waals surface area contributed by atoms with Gasteiger partial charge in [-0.25, -0.2) is 4.39 Å². The molecule has 5 rings (SSSR count). The Hall–Kier alpha value is -3.39. The molecule has 178 valence electrons. The lowest BCUT2D eigenvalue weighted by atomic mass is 10.1. The molecule has 0 spiro atoms. The van der Waals surface area contributed by atoms with Crippen LogP contribution in [0.1, 0.15) is 35.7 Å². The fourth-order valence-electron chi connectivity index (χ4n) is 4.69. The first-order chi connectivity index (χ1) is 16.4. The number of pyridine rings is 1. The van der Waals surface area contributed by atoms with Crippen LogP contribution in [0.3, 0.4) is 0 Å². The van der Waals surface area contributed by atoms with Gasteiger partial charge in [0.1, 0.15) is 11.6 Å². The summed E-state index contributed by atoms with van der Waals surface area (Å²) >= 11 is 0. The van der Waals surface area contributed by atoms with E-state index in [9.17, 15) is 9.18 Å². The second kappa shape index (κ2) is 9.10. The molecule has 1 aliphatic carbocycles. The summed E-state index contributed by atoms with van der Waals surface area (Å²) in [6.07, 6.45) is 4.03. The molecule has 1 saturated carbocycles. The Balaban J connectivity index is 1.60. The molecule has 1 amide bonds. The molecule has 1 saturated heterocycles. The Bertz CT molecular complexity index is 1240. The van der Waals surface area contributed by atoms with E-state index in [1.54, 1.807) is 12.1 Å². The zero-order chi connectivity index (χ0) is 23.8. The maximum Gasteiger partial charge on any atom is 0.252 e. The number of fused-ring (bicyclic) bond motifs is 1. The number of hydrogen-bond donors (Lipinski definition) is 2. The number of amides is 1. The number of benzene rings is 2. The predicted octanol–water partition coefficient (Wildman–Crippen LogP) is 4.21. The van der Waals surface area contributed by atoms with Gasteiger partial charge >= 0.3 is 0 Å². The SMILES string of the molecule is CCOc1cc2ncc(C(N)=O)c(Nc3cc(C)ccc3F)c2cc1N1CCN(C2CC2)CC1. The van der Waals surface area contributed by atoms with Crippen LogP contribution in [0.5, 0.6) is 5.75 Å². The van der Waals surface area contributed by atoms with E-state index in [1.165, 1.54) is 25.1 Å². The van der Waals surface area contributed by atoms with Crippen LogP contribution in [0.2, 0.25) is 0 Å². The Morgan fingerprint density at radius 1 is 1.21 bits per heavy atom. The van der Waals surface area contributed by atoms with E-state index in [4.69, 9.17) is 10.5 Å². The van der Waals surface area contributed by atoms with Gasteiger partial charge in [0.2, 0.25) is 0 Å². The predicted molar refractivity (Wildman–Crippen MR) is 133 cm³/mol. The van der Waals surface area contributed by atoms with Crippen molar-refractivity contribution in [2.24, 2.45) is 5.73 Å². The molecular formula is C26H30FN5O2. The molecule has 8 heteroatoms. The van der Waals surface area contributed by atoms with Crippen LogP contribution < -0.4 is 20.7 Å². The largest absolute Gasteiger partial charge is 0.492 e. The lowest BCUT2D eigenvalue weighted by Crippen LogP contribution is -2.47. The summed E-state index contributed by atoms with van der Waals surface area (Å²) in [5.41, 5.74) is 9.11. The summed E-state index contributed by atoms with van der Waals surface area (Å²) < 4.78 is 20.6. The Kier molecular flexibility index (Phi) is 6.00. The molecule has 1 aliphatic heterocycles. The third kappa shape index (κ3) is 4.37. The number of primary amides is 1. The van der Waals surface area contributed by atoms with Crippen molar-refractivity contribution in [3.8, 4) is 5.75 Å². The summed E-state index contributed by atoms with van der Waals surface area (Å²) in [6.45, 7) is 8.16. The highest BCUT2D eigenvalue weighted by atomic mass is 19.1. The number of hydrogen-bond acceptors (Lipinski definition) is 6. The third-order valence-electron chi connectivity index (χ3n) is 6.61. The van der Waals surface area contributed by atoms with Crippen molar-refractivity contribution in [2.75, 3.05) is 43.0 Å². The van der Waals surface area contributed by atoms with Gasteiger partial charge in [0.25, 0.3) is 5.91 Å². The standard InChI is InChI=1S/C26H30FN5O2/c1-3-34-24-14-21-18(13-23(24)32-10-8-31(9-11-32)17-5-6-17)25(19(15-29-21)26(28)33)30-22-12-16(2)4-7-20(22)27/h4,7,12-15,17H,3,5-6,8-11H2,1-2H3,(H2,28,33)(H,29,30). The molecule has 0 unspecified atom stereocenters. The number of aromatic nitrogens is 1. The highest BCUT2D eigenvalue weighted by molar-refractivity contribution is 6.08. The maximum atomic E-state index is 14.6. The fourth-order valence-corrected chi connectivity index (χ4v) is 4.69. The van der Waals surface area contributed by atoms with Crippen LogP contribution in [0.15, 0.2) is 36.5 Å². The lowest BCUT2D eigenvalue weighted by Gasteiger charge is -2.37. The zero-order valence-electron chi connectivity index (χ0n) is 19.6. The molecule has 3 N–H and O–H groups in total. The number of nitrogens with zero attached hydrogens (tertiary/aromatic N) is 3. The van der Waals surface area contributed by atoms with Gasteiger partial charge < -0.3 is 20.7 Å². The van der Waals surface area contributed by atoms with Crippen LogP contribution >= 0.6 is 0 Å². The van der Waals surface area contributed by atoms with Crippen LogP contribution in [-0.4, -0.2) is 54.6 Å². The number of rotatable bonds is 7. The van der Waals surface area contributed by atoms with E-state index in [0.29, 0.717) is 23.2 Å². The van der Waals surface area contributed by atoms with Gasteiger partial charge in [-0.05, 0) is 50.5 Å². The second-order valence-electron chi connectivity index (χ2n) is 9.04. The number of carbonyl (C=O) groups excluding carboxylic acids is 1. The molecule has 2 fully saturated rings. The number of anilines is 3. The van der Waals surface area contributed by atoms with Crippen molar-refractivity contribution in [3.63, 3.8) is 0 Å². The summed E-state index contributed by atoms with van der Waals surface area (Å²) in [4.78, 5) is 21.6. The number of piperazine rings is 1. The molecule has 34 heavy (non-hydrogen) atoms. The highest BCUT2D eigenvalue weighted by Crippen LogP contribution is 2.39. The van der Waals surface area contributed by atoms with Crippen LogP contribution in [0, 0.1) is 12.7 Å². The van der Waals surface area contributed by atoms with E-state index in [0.717, 1.165) is 49.2 Å². The van der Waals surface area contributed by atoms with Gasteiger partial charge in [-0.3, -0.25) is 14.7 Å². The van der Waals surface area contributed by atoms with Crippen molar-refractivity contribution in [1.29, 1.82) is 0 Å². The quantitative estimate of drug-likeness (QED) is 0.546. The van der Waals surface area contributed by atoms with Gasteiger partial charge in [-0.1, -0.05) is 6.07 Å². The van der Waals surface area contributed by atoms with Crippen LogP contribution in [0.25, 0.3) is 10.9 Å². The van der Waals surface area contributed by atoms with E-state index >= 15 is 0 Å².